The van der Waals surface area contributed by atoms with Crippen LogP contribution in [0.5, 0.6) is 0 Å². The van der Waals surface area contributed by atoms with Crippen LogP contribution >= 0.6 is 22.9 Å². The Morgan fingerprint density at radius 2 is 2.29 bits per heavy atom. The Kier molecular flexibility index (Phi) is 4.06. The van der Waals surface area contributed by atoms with E-state index in [1.165, 1.54) is 6.07 Å². The van der Waals surface area contributed by atoms with E-state index in [4.69, 9.17) is 11.6 Å². The largest absolute Gasteiger partial charge is 0.281 e. The van der Waals surface area contributed by atoms with E-state index in [2.05, 4.69) is 4.72 Å². The van der Waals surface area contributed by atoms with Crippen LogP contribution in [0.3, 0.4) is 0 Å². The summed E-state index contributed by atoms with van der Waals surface area (Å²) in [5, 5.41) is 1.11. The molecule has 1 N–H and O–H groups in total. The van der Waals surface area contributed by atoms with E-state index in [0.29, 0.717) is 0 Å². The standard InChI is InChI=1S/C7H8ClNO3S2/c8-6(10)3-4-9-14(11,12)7-2-1-5-13-7/h1-2,5,9H,3-4H2. The second-order valence-corrected chi connectivity index (χ2v) is 5.80. The molecule has 1 rings (SSSR count). The Morgan fingerprint density at radius 1 is 1.57 bits per heavy atom. The van der Waals surface area contributed by atoms with Crippen molar-refractivity contribution in [2.24, 2.45) is 0 Å². The fourth-order valence-electron chi connectivity index (χ4n) is 0.771. The molecule has 0 saturated heterocycles. The summed E-state index contributed by atoms with van der Waals surface area (Å²) in [6, 6.07) is 3.14. The number of hydrogen-bond donors (Lipinski definition) is 1. The normalized spacial score (nSPS) is 11.5. The summed E-state index contributed by atoms with van der Waals surface area (Å²) >= 11 is 6.18. The summed E-state index contributed by atoms with van der Waals surface area (Å²) in [6.07, 6.45) is -0.00778. The summed E-state index contributed by atoms with van der Waals surface area (Å²) in [6.45, 7) is 0.0303. The monoisotopic (exact) mass is 253 g/mol. The van der Waals surface area contributed by atoms with Crippen LogP contribution in [0.15, 0.2) is 21.7 Å². The van der Waals surface area contributed by atoms with Gasteiger partial charge in [0, 0.05) is 13.0 Å². The third kappa shape index (κ3) is 3.38. The second-order valence-electron chi connectivity index (χ2n) is 2.43. The van der Waals surface area contributed by atoms with Crippen molar-refractivity contribution in [3.8, 4) is 0 Å². The van der Waals surface area contributed by atoms with E-state index < -0.39 is 15.3 Å². The molecule has 0 aromatic carbocycles. The second kappa shape index (κ2) is 4.88. The van der Waals surface area contributed by atoms with Crippen LogP contribution in [-0.4, -0.2) is 20.2 Å². The highest BCUT2D eigenvalue weighted by molar-refractivity contribution is 7.91. The SMILES string of the molecule is O=C(Cl)CCNS(=O)(=O)c1cccs1. The predicted molar refractivity (Wildman–Crippen MR) is 55.0 cm³/mol. The summed E-state index contributed by atoms with van der Waals surface area (Å²) in [4.78, 5) is 10.3. The van der Waals surface area contributed by atoms with Crippen molar-refractivity contribution in [3.05, 3.63) is 17.5 Å². The fraction of sp³-hybridized carbons (Fsp3) is 0.286. The molecule has 0 unspecified atom stereocenters. The zero-order chi connectivity index (χ0) is 10.6. The number of carbonyl (C=O) groups excluding carboxylic acids is 1. The summed E-state index contributed by atoms with van der Waals surface area (Å²) in [5.74, 6) is 0. The lowest BCUT2D eigenvalue weighted by Crippen LogP contribution is -2.24. The van der Waals surface area contributed by atoms with Crippen LogP contribution in [0.25, 0.3) is 0 Å². The zero-order valence-electron chi connectivity index (χ0n) is 7.07. The van der Waals surface area contributed by atoms with E-state index in [1.807, 2.05) is 0 Å². The minimum absolute atomic E-state index is 0.00778. The smallest absolute Gasteiger partial charge is 0.250 e. The van der Waals surface area contributed by atoms with E-state index >= 15 is 0 Å². The van der Waals surface area contributed by atoms with Crippen molar-refractivity contribution in [1.29, 1.82) is 0 Å². The minimum atomic E-state index is -3.45. The number of hydrogen-bond acceptors (Lipinski definition) is 4. The van der Waals surface area contributed by atoms with Gasteiger partial charge in [-0.2, -0.15) is 0 Å². The van der Waals surface area contributed by atoms with Gasteiger partial charge in [-0.05, 0) is 23.0 Å². The van der Waals surface area contributed by atoms with Crippen LogP contribution in [0.2, 0.25) is 0 Å². The number of nitrogens with one attached hydrogen (secondary N) is 1. The van der Waals surface area contributed by atoms with Crippen molar-refractivity contribution in [3.63, 3.8) is 0 Å². The average Bonchev–Trinajstić information content (AvgIpc) is 2.54. The molecule has 0 saturated carbocycles. The first-order valence-electron chi connectivity index (χ1n) is 3.74. The van der Waals surface area contributed by atoms with Gasteiger partial charge in [-0.25, -0.2) is 13.1 Å². The molecule has 0 spiro atoms. The topological polar surface area (TPSA) is 63.2 Å². The number of sulfonamides is 1. The first-order chi connectivity index (χ1) is 6.52. The zero-order valence-corrected chi connectivity index (χ0v) is 9.45. The number of carbonyl (C=O) groups is 1. The number of thiophene rings is 1. The van der Waals surface area contributed by atoms with Crippen LogP contribution in [0, 0.1) is 0 Å². The predicted octanol–water partition coefficient (Wildman–Crippen LogP) is 1.18. The van der Waals surface area contributed by atoms with Gasteiger partial charge in [0.15, 0.2) is 0 Å². The first-order valence-corrected chi connectivity index (χ1v) is 6.48. The van der Waals surface area contributed by atoms with Crippen molar-refractivity contribution >= 4 is 38.2 Å². The van der Waals surface area contributed by atoms with E-state index in [-0.39, 0.29) is 17.2 Å². The van der Waals surface area contributed by atoms with Crippen LogP contribution < -0.4 is 4.72 Å². The molecule has 0 aliphatic heterocycles. The van der Waals surface area contributed by atoms with Gasteiger partial charge in [0.2, 0.25) is 15.3 Å². The molecule has 1 aromatic rings. The highest BCUT2D eigenvalue weighted by Gasteiger charge is 2.14. The molecule has 0 aliphatic rings. The molecule has 0 radical (unpaired) electrons. The Balaban J connectivity index is 2.56. The molecule has 1 aromatic heterocycles. The number of halogens is 1. The lowest BCUT2D eigenvalue weighted by Gasteiger charge is -2.01. The van der Waals surface area contributed by atoms with Crippen LogP contribution in [0.4, 0.5) is 0 Å². The third-order valence-electron chi connectivity index (χ3n) is 1.37. The Labute approximate surface area is 90.9 Å². The maximum atomic E-state index is 11.4. The molecule has 78 valence electrons. The average molecular weight is 254 g/mol. The molecule has 4 nitrogen and oxygen atoms in total. The van der Waals surface area contributed by atoms with Gasteiger partial charge in [-0.3, -0.25) is 4.79 Å². The van der Waals surface area contributed by atoms with Crippen molar-refractivity contribution in [1.82, 2.24) is 4.72 Å². The quantitative estimate of drug-likeness (QED) is 0.802. The molecule has 0 bridgehead atoms. The molecule has 0 fully saturated rings. The van der Waals surface area contributed by atoms with Crippen molar-refractivity contribution in [2.45, 2.75) is 10.6 Å². The van der Waals surface area contributed by atoms with Gasteiger partial charge in [0.05, 0.1) is 0 Å². The van der Waals surface area contributed by atoms with Gasteiger partial charge in [-0.1, -0.05) is 6.07 Å². The van der Waals surface area contributed by atoms with E-state index in [9.17, 15) is 13.2 Å². The van der Waals surface area contributed by atoms with Gasteiger partial charge in [0.25, 0.3) is 0 Å². The molecule has 1 heterocycles. The first kappa shape index (κ1) is 11.6. The summed E-state index contributed by atoms with van der Waals surface area (Å²) < 4.78 is 25.3. The lowest BCUT2D eigenvalue weighted by molar-refractivity contribution is -0.111. The number of rotatable bonds is 5. The highest BCUT2D eigenvalue weighted by atomic mass is 35.5. The van der Waals surface area contributed by atoms with Crippen molar-refractivity contribution in [2.75, 3.05) is 6.54 Å². The summed E-state index contributed by atoms with van der Waals surface area (Å²) in [7, 11) is -3.45. The molecular formula is C7H8ClNO3S2. The molecule has 0 aliphatic carbocycles. The van der Waals surface area contributed by atoms with E-state index in [1.54, 1.807) is 11.4 Å². The maximum absolute atomic E-state index is 11.4. The minimum Gasteiger partial charge on any atom is -0.281 e. The Morgan fingerprint density at radius 3 is 2.79 bits per heavy atom. The molecule has 0 amide bonds. The molecule has 7 heteroatoms. The van der Waals surface area contributed by atoms with Gasteiger partial charge < -0.3 is 0 Å². The molecule has 0 atom stereocenters. The molecular weight excluding hydrogens is 246 g/mol. The maximum Gasteiger partial charge on any atom is 0.250 e. The van der Waals surface area contributed by atoms with Gasteiger partial charge >= 0.3 is 0 Å². The van der Waals surface area contributed by atoms with Gasteiger partial charge in [0.1, 0.15) is 4.21 Å². The highest BCUT2D eigenvalue weighted by Crippen LogP contribution is 2.14. The Bertz CT molecular complexity index is 399. The van der Waals surface area contributed by atoms with Gasteiger partial charge in [-0.15, -0.1) is 11.3 Å². The fourth-order valence-corrected chi connectivity index (χ4v) is 2.94. The lowest BCUT2D eigenvalue weighted by atomic mass is 10.5. The summed E-state index contributed by atoms with van der Waals surface area (Å²) in [5.41, 5.74) is 0. The molecule has 14 heavy (non-hydrogen) atoms. The van der Waals surface area contributed by atoms with E-state index in [0.717, 1.165) is 11.3 Å². The Hall–Kier alpha value is -0.430. The third-order valence-corrected chi connectivity index (χ3v) is 4.42. The van der Waals surface area contributed by atoms with Crippen LogP contribution in [-0.2, 0) is 14.8 Å². The van der Waals surface area contributed by atoms with Crippen molar-refractivity contribution < 1.29 is 13.2 Å². The van der Waals surface area contributed by atoms with Crippen LogP contribution in [0.1, 0.15) is 6.42 Å².